The third kappa shape index (κ3) is 2.90. The minimum absolute atomic E-state index is 0.118. The molecule has 19 heavy (non-hydrogen) atoms. The largest absolute Gasteiger partial charge is 0.495 e. The first kappa shape index (κ1) is 13.5. The highest BCUT2D eigenvalue weighted by Gasteiger charge is 2.17. The van der Waals surface area contributed by atoms with Gasteiger partial charge in [-0.2, -0.15) is 5.10 Å². The highest BCUT2D eigenvalue weighted by molar-refractivity contribution is 5.33. The third-order valence-electron chi connectivity index (χ3n) is 3.14. The maximum absolute atomic E-state index is 5.36. The van der Waals surface area contributed by atoms with Gasteiger partial charge >= 0.3 is 0 Å². The molecule has 1 N–H and O–H groups in total. The Balaban J connectivity index is 2.25. The van der Waals surface area contributed by atoms with Crippen LogP contribution in [0.1, 0.15) is 24.4 Å². The number of rotatable bonds is 6. The summed E-state index contributed by atoms with van der Waals surface area (Å²) in [6.45, 7) is 2.87. The number of aryl methyl sites for hydroxylation is 1. The Morgan fingerprint density at radius 3 is 3.00 bits per heavy atom. The molecule has 0 saturated carbocycles. The molecule has 2 aromatic rings. The van der Waals surface area contributed by atoms with E-state index in [0.717, 1.165) is 30.1 Å². The summed E-state index contributed by atoms with van der Waals surface area (Å²) in [5.74, 6) is 1.74. The molecule has 0 aromatic carbocycles. The fourth-order valence-electron chi connectivity index (χ4n) is 2.11. The number of hydrogen-bond donors (Lipinski definition) is 1. The lowest BCUT2D eigenvalue weighted by Crippen LogP contribution is -2.21. The summed E-state index contributed by atoms with van der Waals surface area (Å²) in [6.07, 6.45) is 5.84. The van der Waals surface area contributed by atoms with Crippen LogP contribution < -0.4 is 10.1 Å². The highest BCUT2D eigenvalue weighted by Crippen LogP contribution is 2.25. The van der Waals surface area contributed by atoms with Crippen LogP contribution in [0.2, 0.25) is 0 Å². The molecule has 0 aliphatic carbocycles. The number of hydrogen-bond acceptors (Lipinski definition) is 5. The molecule has 1 unspecified atom stereocenters. The van der Waals surface area contributed by atoms with Crippen LogP contribution in [0.5, 0.6) is 5.75 Å². The number of likely N-dealkylation sites (N-methyl/N-ethyl adjacent to an activating group) is 1. The standard InChI is InChI=1S/C13H19N5O/c1-4-18-13(16-9-17-18)7-11(14-2)10-5-6-15-8-12(10)19-3/h5-6,8-9,11,14H,4,7H2,1-3H3. The van der Waals surface area contributed by atoms with Crippen molar-refractivity contribution in [3.8, 4) is 5.75 Å². The molecule has 0 saturated heterocycles. The van der Waals surface area contributed by atoms with Crippen molar-refractivity contribution in [2.24, 2.45) is 0 Å². The Kier molecular flexibility index (Phi) is 4.46. The van der Waals surface area contributed by atoms with Gasteiger partial charge in [-0.15, -0.1) is 0 Å². The van der Waals surface area contributed by atoms with E-state index >= 15 is 0 Å². The minimum Gasteiger partial charge on any atom is -0.495 e. The lowest BCUT2D eigenvalue weighted by atomic mass is 10.0. The van der Waals surface area contributed by atoms with Crippen molar-refractivity contribution in [1.82, 2.24) is 25.1 Å². The number of methoxy groups -OCH3 is 1. The van der Waals surface area contributed by atoms with Crippen LogP contribution in [0.3, 0.4) is 0 Å². The van der Waals surface area contributed by atoms with E-state index in [4.69, 9.17) is 4.74 Å². The summed E-state index contributed by atoms with van der Waals surface area (Å²) >= 11 is 0. The van der Waals surface area contributed by atoms with Gasteiger partial charge in [-0.1, -0.05) is 0 Å². The first-order valence-electron chi connectivity index (χ1n) is 6.32. The first-order valence-corrected chi connectivity index (χ1v) is 6.32. The van der Waals surface area contributed by atoms with E-state index in [1.54, 1.807) is 25.8 Å². The topological polar surface area (TPSA) is 64.9 Å². The molecule has 6 nitrogen and oxygen atoms in total. The molecule has 0 aliphatic heterocycles. The van der Waals surface area contributed by atoms with Crippen molar-refractivity contribution in [2.75, 3.05) is 14.2 Å². The summed E-state index contributed by atoms with van der Waals surface area (Å²) in [6, 6.07) is 2.08. The van der Waals surface area contributed by atoms with Crippen LogP contribution in [0.25, 0.3) is 0 Å². The molecule has 102 valence electrons. The second-order valence-corrected chi connectivity index (χ2v) is 4.16. The van der Waals surface area contributed by atoms with E-state index in [1.165, 1.54) is 0 Å². The summed E-state index contributed by atoms with van der Waals surface area (Å²) < 4.78 is 7.26. The van der Waals surface area contributed by atoms with Gasteiger partial charge < -0.3 is 10.1 Å². The van der Waals surface area contributed by atoms with E-state index in [9.17, 15) is 0 Å². The smallest absolute Gasteiger partial charge is 0.141 e. The number of pyridine rings is 1. The van der Waals surface area contributed by atoms with Gasteiger partial charge in [-0.25, -0.2) is 4.98 Å². The molecule has 1 atom stereocenters. The van der Waals surface area contributed by atoms with Crippen LogP contribution in [0, 0.1) is 0 Å². The van der Waals surface area contributed by atoms with Crippen molar-refractivity contribution >= 4 is 0 Å². The molecule has 0 aliphatic rings. The van der Waals surface area contributed by atoms with Gasteiger partial charge in [0.1, 0.15) is 17.9 Å². The van der Waals surface area contributed by atoms with Gasteiger partial charge in [0.15, 0.2) is 0 Å². The average molecular weight is 261 g/mol. The molecular weight excluding hydrogens is 242 g/mol. The molecule has 0 spiro atoms. The van der Waals surface area contributed by atoms with Crippen LogP contribution in [0.15, 0.2) is 24.8 Å². The van der Waals surface area contributed by atoms with Crippen LogP contribution in [0.4, 0.5) is 0 Å². The van der Waals surface area contributed by atoms with Gasteiger partial charge in [0, 0.05) is 30.8 Å². The number of nitrogens with one attached hydrogen (secondary N) is 1. The Hall–Kier alpha value is -1.95. The fourth-order valence-corrected chi connectivity index (χ4v) is 2.11. The van der Waals surface area contributed by atoms with E-state index in [2.05, 4.69) is 27.3 Å². The SMILES string of the molecule is CCn1ncnc1CC(NC)c1ccncc1OC. The lowest BCUT2D eigenvalue weighted by Gasteiger charge is -2.18. The number of ether oxygens (including phenoxy) is 1. The monoisotopic (exact) mass is 261 g/mol. The van der Waals surface area contributed by atoms with E-state index in [0.29, 0.717) is 0 Å². The molecule has 0 radical (unpaired) electrons. The number of nitrogens with zero attached hydrogens (tertiary/aromatic N) is 4. The predicted molar refractivity (Wildman–Crippen MR) is 72.0 cm³/mol. The van der Waals surface area contributed by atoms with Crippen LogP contribution in [-0.4, -0.2) is 33.9 Å². The normalized spacial score (nSPS) is 12.4. The Bertz CT molecular complexity index is 525. The maximum atomic E-state index is 5.36. The highest BCUT2D eigenvalue weighted by atomic mass is 16.5. The summed E-state index contributed by atoms with van der Waals surface area (Å²) in [5, 5.41) is 7.49. The van der Waals surface area contributed by atoms with Gasteiger partial charge in [0.05, 0.1) is 13.3 Å². The molecule has 2 heterocycles. The first-order chi connectivity index (χ1) is 9.30. The lowest BCUT2D eigenvalue weighted by molar-refractivity contribution is 0.397. The predicted octanol–water partition coefficient (Wildman–Crippen LogP) is 1.20. The third-order valence-corrected chi connectivity index (χ3v) is 3.14. The van der Waals surface area contributed by atoms with E-state index < -0.39 is 0 Å². The Morgan fingerprint density at radius 2 is 2.32 bits per heavy atom. The quantitative estimate of drug-likeness (QED) is 0.846. The summed E-state index contributed by atoms with van der Waals surface area (Å²) in [7, 11) is 3.58. The molecule has 6 heteroatoms. The zero-order valence-electron chi connectivity index (χ0n) is 11.5. The zero-order chi connectivity index (χ0) is 13.7. The summed E-state index contributed by atoms with van der Waals surface area (Å²) in [4.78, 5) is 8.39. The van der Waals surface area contributed by atoms with Gasteiger partial charge in [-0.05, 0) is 20.0 Å². The molecule has 0 amide bonds. The molecule has 0 bridgehead atoms. The van der Waals surface area contributed by atoms with Crippen molar-refractivity contribution in [2.45, 2.75) is 25.9 Å². The summed E-state index contributed by atoms with van der Waals surface area (Å²) in [5.41, 5.74) is 1.07. The average Bonchev–Trinajstić information content (AvgIpc) is 2.92. The Morgan fingerprint density at radius 1 is 1.47 bits per heavy atom. The van der Waals surface area contributed by atoms with Crippen molar-refractivity contribution in [3.05, 3.63) is 36.2 Å². The molecule has 0 fully saturated rings. The molecule has 2 rings (SSSR count). The van der Waals surface area contributed by atoms with Gasteiger partial charge in [0.2, 0.25) is 0 Å². The zero-order valence-corrected chi connectivity index (χ0v) is 11.5. The van der Waals surface area contributed by atoms with Crippen molar-refractivity contribution in [1.29, 1.82) is 0 Å². The van der Waals surface area contributed by atoms with Gasteiger partial charge in [0.25, 0.3) is 0 Å². The Labute approximate surface area is 112 Å². The second kappa shape index (κ2) is 6.29. The molecular formula is C13H19N5O. The number of aromatic nitrogens is 4. The fraction of sp³-hybridized carbons (Fsp3) is 0.462. The van der Waals surface area contributed by atoms with Crippen LogP contribution >= 0.6 is 0 Å². The molecule has 2 aromatic heterocycles. The van der Waals surface area contributed by atoms with Crippen molar-refractivity contribution in [3.63, 3.8) is 0 Å². The minimum atomic E-state index is 0.118. The van der Waals surface area contributed by atoms with E-state index in [1.807, 2.05) is 17.8 Å². The second-order valence-electron chi connectivity index (χ2n) is 4.16. The van der Waals surface area contributed by atoms with Crippen molar-refractivity contribution < 1.29 is 4.74 Å². The van der Waals surface area contributed by atoms with E-state index in [-0.39, 0.29) is 6.04 Å². The van der Waals surface area contributed by atoms with Crippen LogP contribution in [-0.2, 0) is 13.0 Å². The van der Waals surface area contributed by atoms with Gasteiger partial charge in [-0.3, -0.25) is 9.67 Å². The maximum Gasteiger partial charge on any atom is 0.141 e.